The van der Waals surface area contributed by atoms with Crippen LogP contribution < -0.4 is 0 Å². The Hall–Kier alpha value is 0.719. The van der Waals surface area contributed by atoms with Crippen molar-refractivity contribution >= 4 is 19.2 Å². The van der Waals surface area contributed by atoms with E-state index < -0.39 is 19.2 Å². The van der Waals surface area contributed by atoms with Crippen molar-refractivity contribution in [3.8, 4) is 0 Å². The second-order valence-electron chi connectivity index (χ2n) is 2.20. The molecule has 2 nitrogen and oxygen atoms in total. The molecule has 0 saturated carbocycles. The first-order chi connectivity index (χ1) is 3.10. The molecule has 7 heavy (non-hydrogen) atoms. The minimum atomic E-state index is -2.13. The Balaban J connectivity index is 2.29. The topological polar surface area (TPSA) is 18.5 Å². The fourth-order valence-corrected chi connectivity index (χ4v) is 5.42. The van der Waals surface area contributed by atoms with Crippen LogP contribution in [-0.2, 0) is 6.15 Å². The molecule has 0 atom stereocenters. The molecular formula is C4H10O2Sn. The Labute approximate surface area is 48.8 Å². The van der Waals surface area contributed by atoms with Crippen molar-refractivity contribution in [2.45, 2.75) is 23.1 Å². The van der Waals surface area contributed by atoms with E-state index >= 15 is 0 Å². The second-order valence-corrected chi connectivity index (χ2v) is 11.5. The predicted octanol–water partition coefficient (Wildman–Crippen LogP) is 1.08. The molecule has 3 heteroatoms. The van der Waals surface area contributed by atoms with Crippen molar-refractivity contribution in [1.29, 1.82) is 0 Å². The van der Waals surface area contributed by atoms with E-state index in [-0.39, 0.29) is 6.29 Å². The van der Waals surface area contributed by atoms with Gasteiger partial charge in [0.05, 0.1) is 0 Å². The van der Waals surface area contributed by atoms with Gasteiger partial charge in [-0.15, -0.1) is 0 Å². The van der Waals surface area contributed by atoms with E-state index in [1.807, 2.05) is 6.92 Å². The summed E-state index contributed by atoms with van der Waals surface area (Å²) in [5.74, 6) is 0. The zero-order valence-corrected chi connectivity index (χ0v) is 7.75. The molecule has 0 spiro atoms. The summed E-state index contributed by atoms with van der Waals surface area (Å²) >= 11 is -2.13. The summed E-state index contributed by atoms with van der Waals surface area (Å²) in [5, 5.41) is 0. The van der Waals surface area contributed by atoms with Gasteiger partial charge in [-0.1, -0.05) is 0 Å². The van der Waals surface area contributed by atoms with Crippen LogP contribution in [0.2, 0.25) is 9.88 Å². The quantitative estimate of drug-likeness (QED) is 0.555. The average Bonchev–Trinajstić information content (AvgIpc) is 1.27. The van der Waals surface area contributed by atoms with E-state index in [0.717, 1.165) is 0 Å². The van der Waals surface area contributed by atoms with Crippen LogP contribution in [-0.4, -0.2) is 25.5 Å². The van der Waals surface area contributed by atoms with Crippen LogP contribution >= 0.6 is 0 Å². The van der Waals surface area contributed by atoms with Gasteiger partial charge in [0, 0.05) is 0 Å². The normalized spacial score (nSPS) is 29.6. The molecule has 42 valence electrons. The summed E-state index contributed by atoms with van der Waals surface area (Å²) in [6.07, 6.45) is 0.103. The number of hydrogen-bond donors (Lipinski definition) is 0. The van der Waals surface area contributed by atoms with E-state index in [0.29, 0.717) is 0 Å². The summed E-state index contributed by atoms with van der Waals surface area (Å²) in [6, 6.07) is 0. The number of hydrogen-bond acceptors (Lipinski definition) is 2. The molecule has 0 bridgehead atoms. The van der Waals surface area contributed by atoms with Gasteiger partial charge in [0.25, 0.3) is 0 Å². The standard InChI is InChI=1S/C2H4O2.2CH3.Sn/c1-2(3)4;;;/h2H,1H3;2*1H3;/q-2;;;+2. The van der Waals surface area contributed by atoms with Gasteiger partial charge in [0.15, 0.2) is 0 Å². The van der Waals surface area contributed by atoms with E-state index in [2.05, 4.69) is 9.88 Å². The fourth-order valence-electron chi connectivity index (χ4n) is 0.808. The molecule has 1 aliphatic rings. The molecule has 0 aromatic rings. The zero-order chi connectivity index (χ0) is 5.49. The molecule has 0 unspecified atom stereocenters. The van der Waals surface area contributed by atoms with Crippen molar-refractivity contribution in [3.63, 3.8) is 0 Å². The second kappa shape index (κ2) is 1.60. The van der Waals surface area contributed by atoms with Crippen LogP contribution in [0.5, 0.6) is 0 Å². The van der Waals surface area contributed by atoms with Gasteiger partial charge >= 0.3 is 48.4 Å². The molecule has 0 aliphatic carbocycles. The molecular weight excluding hydrogens is 199 g/mol. The maximum atomic E-state index is 5.31. The van der Waals surface area contributed by atoms with Crippen LogP contribution in [0.15, 0.2) is 0 Å². The third-order valence-electron chi connectivity index (χ3n) is 0.900. The molecule has 1 fully saturated rings. The SMILES string of the molecule is CC1[O][Sn]([CH3])([CH3])[O]1. The molecule has 0 N–H and O–H groups in total. The van der Waals surface area contributed by atoms with Gasteiger partial charge in [0.1, 0.15) is 0 Å². The molecule has 1 heterocycles. The summed E-state index contributed by atoms with van der Waals surface area (Å²) in [5.41, 5.74) is 0. The van der Waals surface area contributed by atoms with Crippen LogP contribution in [0.3, 0.4) is 0 Å². The molecule has 0 aromatic carbocycles. The molecule has 0 amide bonds. The summed E-state index contributed by atoms with van der Waals surface area (Å²) in [4.78, 5) is 4.21. The Kier molecular flexibility index (Phi) is 1.34. The van der Waals surface area contributed by atoms with E-state index in [1.165, 1.54) is 0 Å². The third-order valence-corrected chi connectivity index (χ3v) is 6.03. The van der Waals surface area contributed by atoms with Gasteiger partial charge in [-0.25, -0.2) is 0 Å². The first-order valence-electron chi connectivity index (χ1n) is 2.46. The molecule has 1 saturated heterocycles. The van der Waals surface area contributed by atoms with E-state index in [1.54, 1.807) is 0 Å². The monoisotopic (exact) mass is 210 g/mol. The Morgan fingerprint density at radius 2 is 1.71 bits per heavy atom. The van der Waals surface area contributed by atoms with Crippen molar-refractivity contribution in [2.24, 2.45) is 0 Å². The van der Waals surface area contributed by atoms with Crippen molar-refractivity contribution in [3.05, 3.63) is 0 Å². The molecule has 0 aromatic heterocycles. The van der Waals surface area contributed by atoms with Crippen molar-refractivity contribution < 1.29 is 6.15 Å². The zero-order valence-electron chi connectivity index (χ0n) is 4.89. The van der Waals surface area contributed by atoms with Crippen LogP contribution in [0, 0.1) is 0 Å². The minimum absolute atomic E-state index is 0.103. The molecule has 0 radical (unpaired) electrons. The van der Waals surface area contributed by atoms with Crippen LogP contribution in [0.25, 0.3) is 0 Å². The van der Waals surface area contributed by atoms with Crippen LogP contribution in [0.1, 0.15) is 6.92 Å². The third kappa shape index (κ3) is 1.30. The predicted molar refractivity (Wildman–Crippen MR) is 29.1 cm³/mol. The van der Waals surface area contributed by atoms with Gasteiger partial charge in [-0.05, 0) is 0 Å². The molecule has 1 rings (SSSR count). The van der Waals surface area contributed by atoms with Gasteiger partial charge in [-0.2, -0.15) is 0 Å². The summed E-state index contributed by atoms with van der Waals surface area (Å²) < 4.78 is 10.6. The fraction of sp³-hybridized carbons (Fsp3) is 1.00. The van der Waals surface area contributed by atoms with Gasteiger partial charge < -0.3 is 0 Å². The Morgan fingerprint density at radius 1 is 1.29 bits per heavy atom. The van der Waals surface area contributed by atoms with Gasteiger partial charge in [-0.3, -0.25) is 0 Å². The average molecular weight is 209 g/mol. The first kappa shape index (κ1) is 5.85. The van der Waals surface area contributed by atoms with E-state index in [9.17, 15) is 0 Å². The number of rotatable bonds is 0. The Bertz CT molecular complexity index is 73.8. The van der Waals surface area contributed by atoms with Crippen molar-refractivity contribution in [1.82, 2.24) is 0 Å². The first-order valence-corrected chi connectivity index (χ1v) is 10.5. The van der Waals surface area contributed by atoms with E-state index in [4.69, 9.17) is 6.15 Å². The summed E-state index contributed by atoms with van der Waals surface area (Å²) in [7, 11) is 0. The van der Waals surface area contributed by atoms with Crippen LogP contribution in [0.4, 0.5) is 0 Å². The summed E-state index contributed by atoms with van der Waals surface area (Å²) in [6.45, 7) is 1.93. The van der Waals surface area contributed by atoms with Crippen molar-refractivity contribution in [2.75, 3.05) is 0 Å². The van der Waals surface area contributed by atoms with Gasteiger partial charge in [0.2, 0.25) is 0 Å². The maximum absolute atomic E-state index is 5.31. The molecule has 1 aliphatic heterocycles. The Morgan fingerprint density at radius 3 is 1.71 bits per heavy atom.